The molecule has 1 aromatic heterocycles. The van der Waals surface area contributed by atoms with E-state index in [0.29, 0.717) is 11.0 Å². The Morgan fingerprint density at radius 2 is 2.24 bits per heavy atom. The zero-order valence-electron chi connectivity index (χ0n) is 11.6. The molecule has 2 aliphatic heterocycles. The molecule has 6 nitrogen and oxygen atoms in total. The van der Waals surface area contributed by atoms with Gasteiger partial charge in [-0.1, -0.05) is 5.21 Å². The fourth-order valence-corrected chi connectivity index (χ4v) is 3.41. The van der Waals surface area contributed by atoms with E-state index >= 15 is 0 Å². The Bertz CT molecular complexity index is 664. The summed E-state index contributed by atoms with van der Waals surface area (Å²) in [5.74, 6) is 0.110. The lowest BCUT2D eigenvalue weighted by Crippen LogP contribution is -2.33. The van der Waals surface area contributed by atoms with E-state index in [1.54, 1.807) is 0 Å². The number of carbonyl (C=O) groups excluding carboxylic acids is 1. The molecule has 7 heteroatoms. The number of nitrogens with one attached hydrogen (secondary N) is 2. The van der Waals surface area contributed by atoms with E-state index < -0.39 is 0 Å². The van der Waals surface area contributed by atoms with Crippen LogP contribution in [0.3, 0.4) is 0 Å². The van der Waals surface area contributed by atoms with Gasteiger partial charge in [-0.2, -0.15) is 0 Å². The molecule has 2 aromatic rings. The second-order valence-electron chi connectivity index (χ2n) is 5.95. The fourth-order valence-electron chi connectivity index (χ4n) is 3.41. The molecule has 0 bridgehead atoms. The minimum absolute atomic E-state index is 0. The second kappa shape index (κ2) is 5.27. The van der Waals surface area contributed by atoms with Gasteiger partial charge < -0.3 is 10.2 Å². The smallest absolute Gasteiger partial charge is 0.253 e. The molecule has 1 spiro atoms. The van der Waals surface area contributed by atoms with Crippen molar-refractivity contribution in [2.45, 2.75) is 12.8 Å². The summed E-state index contributed by atoms with van der Waals surface area (Å²) >= 11 is 0. The second-order valence-corrected chi connectivity index (χ2v) is 5.95. The molecule has 4 rings (SSSR count). The van der Waals surface area contributed by atoms with Crippen molar-refractivity contribution >= 4 is 29.3 Å². The van der Waals surface area contributed by atoms with Crippen molar-refractivity contribution in [2.24, 2.45) is 5.41 Å². The lowest BCUT2D eigenvalue weighted by Gasteiger charge is -2.22. The molecular formula is C14H18ClN5O. The molecular weight excluding hydrogens is 290 g/mol. The summed E-state index contributed by atoms with van der Waals surface area (Å²) in [6.07, 6.45) is 2.29. The van der Waals surface area contributed by atoms with E-state index in [9.17, 15) is 4.79 Å². The van der Waals surface area contributed by atoms with Gasteiger partial charge in [0, 0.05) is 30.6 Å². The number of benzene rings is 1. The van der Waals surface area contributed by atoms with Crippen molar-refractivity contribution in [1.29, 1.82) is 0 Å². The van der Waals surface area contributed by atoms with Crippen LogP contribution in [0.2, 0.25) is 0 Å². The van der Waals surface area contributed by atoms with E-state index in [1.165, 1.54) is 6.42 Å². The van der Waals surface area contributed by atoms with Crippen molar-refractivity contribution in [3.8, 4) is 0 Å². The topological polar surface area (TPSA) is 73.9 Å². The quantitative estimate of drug-likeness (QED) is 0.830. The van der Waals surface area contributed by atoms with Gasteiger partial charge in [0.15, 0.2) is 0 Å². The van der Waals surface area contributed by atoms with Gasteiger partial charge in [0.2, 0.25) is 0 Å². The standard InChI is InChI=1S/C14H17N5O.ClH/c20-13(10-1-2-11-12(7-10)17-18-16-11)19-6-4-14(9-19)3-5-15-8-14;/h1-2,7,15H,3-6,8-9H2,(H,16,17,18);1H. The third kappa shape index (κ3) is 2.38. The maximum atomic E-state index is 12.6. The Morgan fingerprint density at radius 3 is 3.05 bits per heavy atom. The van der Waals surface area contributed by atoms with Crippen molar-refractivity contribution in [2.75, 3.05) is 26.2 Å². The van der Waals surface area contributed by atoms with Gasteiger partial charge in [0.05, 0.1) is 5.52 Å². The highest BCUT2D eigenvalue weighted by atomic mass is 35.5. The highest BCUT2D eigenvalue weighted by Gasteiger charge is 2.41. The number of amides is 1. The number of hydrogen-bond acceptors (Lipinski definition) is 4. The third-order valence-corrected chi connectivity index (χ3v) is 4.63. The van der Waals surface area contributed by atoms with Gasteiger partial charge in [0.1, 0.15) is 5.52 Å². The SMILES string of the molecule is Cl.O=C(c1ccc2[nH]nnc2c1)N1CCC2(CCNC2)C1. The molecule has 1 amide bonds. The lowest BCUT2D eigenvalue weighted by atomic mass is 9.86. The summed E-state index contributed by atoms with van der Waals surface area (Å²) in [4.78, 5) is 14.6. The Kier molecular flexibility index (Phi) is 3.59. The van der Waals surface area contributed by atoms with Crippen molar-refractivity contribution in [3.63, 3.8) is 0 Å². The van der Waals surface area contributed by atoms with Crippen LogP contribution in [0.15, 0.2) is 18.2 Å². The summed E-state index contributed by atoms with van der Waals surface area (Å²) in [5.41, 5.74) is 2.62. The normalized spacial score (nSPS) is 24.7. The molecule has 0 radical (unpaired) electrons. The molecule has 2 N–H and O–H groups in total. The van der Waals surface area contributed by atoms with Crippen molar-refractivity contribution in [3.05, 3.63) is 23.8 Å². The fraction of sp³-hybridized carbons (Fsp3) is 0.500. The van der Waals surface area contributed by atoms with Crippen molar-refractivity contribution in [1.82, 2.24) is 25.6 Å². The minimum atomic E-state index is 0. The van der Waals surface area contributed by atoms with Crippen LogP contribution in [0.4, 0.5) is 0 Å². The molecule has 2 saturated heterocycles. The molecule has 1 aromatic carbocycles. The van der Waals surface area contributed by atoms with Gasteiger partial charge >= 0.3 is 0 Å². The first-order chi connectivity index (χ1) is 9.76. The van der Waals surface area contributed by atoms with Crippen LogP contribution in [0.5, 0.6) is 0 Å². The number of aromatic nitrogens is 3. The Hall–Kier alpha value is -1.66. The molecule has 0 saturated carbocycles. The average Bonchev–Trinajstić information content (AvgIpc) is 3.19. The van der Waals surface area contributed by atoms with Crippen LogP contribution in [0, 0.1) is 5.41 Å². The van der Waals surface area contributed by atoms with Crippen molar-refractivity contribution < 1.29 is 4.79 Å². The number of likely N-dealkylation sites (tertiary alicyclic amines) is 1. The maximum absolute atomic E-state index is 12.6. The van der Waals surface area contributed by atoms with E-state index in [1.807, 2.05) is 23.1 Å². The lowest BCUT2D eigenvalue weighted by molar-refractivity contribution is 0.0776. The monoisotopic (exact) mass is 307 g/mol. The minimum Gasteiger partial charge on any atom is -0.338 e. The van der Waals surface area contributed by atoms with Gasteiger partial charge in [0.25, 0.3) is 5.91 Å². The number of nitrogens with zero attached hydrogens (tertiary/aromatic N) is 3. The summed E-state index contributed by atoms with van der Waals surface area (Å²) in [5, 5.41) is 13.9. The molecule has 21 heavy (non-hydrogen) atoms. The number of halogens is 1. The van der Waals surface area contributed by atoms with Crippen LogP contribution in [-0.2, 0) is 0 Å². The zero-order chi connectivity index (χ0) is 13.6. The van der Waals surface area contributed by atoms with Crippen LogP contribution in [-0.4, -0.2) is 52.4 Å². The van der Waals surface area contributed by atoms with Gasteiger partial charge in [-0.05, 0) is 37.6 Å². The summed E-state index contributed by atoms with van der Waals surface area (Å²) in [6, 6.07) is 5.53. The molecule has 3 heterocycles. The maximum Gasteiger partial charge on any atom is 0.253 e. The Morgan fingerprint density at radius 1 is 1.33 bits per heavy atom. The molecule has 0 aliphatic carbocycles. The van der Waals surface area contributed by atoms with E-state index in [-0.39, 0.29) is 18.3 Å². The van der Waals surface area contributed by atoms with Crippen LogP contribution >= 0.6 is 12.4 Å². The molecule has 1 atom stereocenters. The number of hydrogen-bond donors (Lipinski definition) is 2. The summed E-state index contributed by atoms with van der Waals surface area (Å²) in [6.45, 7) is 3.85. The number of aromatic amines is 1. The van der Waals surface area contributed by atoms with Crippen LogP contribution < -0.4 is 5.32 Å². The van der Waals surface area contributed by atoms with E-state index in [2.05, 4.69) is 20.7 Å². The summed E-state index contributed by atoms with van der Waals surface area (Å²) in [7, 11) is 0. The predicted octanol–water partition coefficient (Wildman–Crippen LogP) is 1.21. The molecule has 2 aliphatic rings. The van der Waals surface area contributed by atoms with E-state index in [0.717, 1.165) is 43.6 Å². The number of rotatable bonds is 1. The number of fused-ring (bicyclic) bond motifs is 1. The number of H-pyrrole nitrogens is 1. The Labute approximate surface area is 128 Å². The Balaban J connectivity index is 0.00000132. The largest absolute Gasteiger partial charge is 0.338 e. The first-order valence-electron chi connectivity index (χ1n) is 7.07. The van der Waals surface area contributed by atoms with Crippen LogP contribution in [0.1, 0.15) is 23.2 Å². The predicted molar refractivity (Wildman–Crippen MR) is 81.6 cm³/mol. The first kappa shape index (κ1) is 14.3. The summed E-state index contributed by atoms with van der Waals surface area (Å²) < 4.78 is 0. The average molecular weight is 308 g/mol. The first-order valence-corrected chi connectivity index (χ1v) is 7.07. The highest BCUT2D eigenvalue weighted by Crippen LogP contribution is 2.36. The van der Waals surface area contributed by atoms with Gasteiger partial charge in [-0.25, -0.2) is 0 Å². The zero-order valence-corrected chi connectivity index (χ0v) is 12.4. The van der Waals surface area contributed by atoms with E-state index in [4.69, 9.17) is 0 Å². The highest BCUT2D eigenvalue weighted by molar-refractivity contribution is 5.97. The van der Waals surface area contributed by atoms with Gasteiger partial charge in [-0.15, -0.1) is 17.5 Å². The van der Waals surface area contributed by atoms with Gasteiger partial charge in [-0.3, -0.25) is 9.89 Å². The molecule has 112 valence electrons. The molecule has 1 unspecified atom stereocenters. The third-order valence-electron chi connectivity index (χ3n) is 4.63. The van der Waals surface area contributed by atoms with Crippen LogP contribution in [0.25, 0.3) is 11.0 Å². The number of carbonyl (C=O) groups is 1. The molecule has 2 fully saturated rings.